The molecule has 1 heterocycles. The van der Waals surface area contributed by atoms with Crippen molar-refractivity contribution in [2.45, 2.75) is 24.8 Å². The number of benzene rings is 1. The fourth-order valence-corrected chi connectivity index (χ4v) is 4.36. The number of hydrogen-bond acceptors (Lipinski definition) is 3. The van der Waals surface area contributed by atoms with Gasteiger partial charge in [0.25, 0.3) is 0 Å². The Bertz CT molecular complexity index is 657. The third-order valence-corrected chi connectivity index (χ3v) is 6.18. The van der Waals surface area contributed by atoms with Gasteiger partial charge in [-0.3, -0.25) is 0 Å². The van der Waals surface area contributed by atoms with E-state index < -0.39 is 10.0 Å². The molecule has 2 N–H and O–H groups in total. The van der Waals surface area contributed by atoms with Crippen LogP contribution in [0.4, 0.5) is 0 Å². The van der Waals surface area contributed by atoms with E-state index in [1.54, 1.807) is 0 Å². The Morgan fingerprint density at radius 1 is 1.35 bits per heavy atom. The van der Waals surface area contributed by atoms with Crippen LogP contribution in [0.3, 0.4) is 0 Å². The predicted molar refractivity (Wildman–Crippen MR) is 81.5 cm³/mol. The molecule has 110 valence electrons. The maximum absolute atomic E-state index is 12.6. The molecule has 7 heteroatoms. The van der Waals surface area contributed by atoms with Gasteiger partial charge in [0.05, 0.1) is 5.02 Å². The van der Waals surface area contributed by atoms with Crippen LogP contribution in [-0.2, 0) is 16.6 Å². The van der Waals surface area contributed by atoms with Crippen molar-refractivity contribution in [2.24, 2.45) is 5.73 Å². The van der Waals surface area contributed by atoms with E-state index in [9.17, 15) is 8.42 Å². The maximum Gasteiger partial charge on any atom is 0.244 e. The highest BCUT2D eigenvalue weighted by Gasteiger charge is 2.28. The van der Waals surface area contributed by atoms with E-state index in [2.05, 4.69) is 0 Å². The molecule has 0 unspecified atom stereocenters. The molecule has 1 aromatic carbocycles. The molecule has 0 bridgehead atoms. The van der Waals surface area contributed by atoms with Gasteiger partial charge >= 0.3 is 0 Å². The van der Waals surface area contributed by atoms with Crippen molar-refractivity contribution in [1.29, 1.82) is 0 Å². The molecule has 1 aliphatic heterocycles. The van der Waals surface area contributed by atoms with Crippen LogP contribution in [0.25, 0.3) is 0 Å². The van der Waals surface area contributed by atoms with Crippen LogP contribution in [0.15, 0.2) is 28.7 Å². The summed E-state index contributed by atoms with van der Waals surface area (Å²) in [6.07, 6.45) is 2.64. The number of rotatable bonds is 3. The SMILES string of the molecule is CC1=CCN(S(=O)(=O)c2ccc(Cl)c(CN)c2Cl)CC1. The van der Waals surface area contributed by atoms with Crippen molar-refractivity contribution in [3.05, 3.63) is 39.4 Å². The molecule has 0 spiro atoms. The molecule has 1 aromatic rings. The van der Waals surface area contributed by atoms with Gasteiger partial charge in [0.2, 0.25) is 10.0 Å². The summed E-state index contributed by atoms with van der Waals surface area (Å²) in [7, 11) is -3.62. The normalized spacial score (nSPS) is 17.1. The predicted octanol–water partition coefficient (Wildman–Crippen LogP) is 2.79. The van der Waals surface area contributed by atoms with Crippen LogP contribution < -0.4 is 5.73 Å². The number of hydrogen-bond donors (Lipinski definition) is 1. The summed E-state index contributed by atoms with van der Waals surface area (Å²) in [6, 6.07) is 2.96. The van der Waals surface area contributed by atoms with Gasteiger partial charge in [-0.2, -0.15) is 4.31 Å². The average molecular weight is 335 g/mol. The van der Waals surface area contributed by atoms with Crippen molar-refractivity contribution in [3.8, 4) is 0 Å². The van der Waals surface area contributed by atoms with Crippen LogP contribution in [-0.4, -0.2) is 25.8 Å². The summed E-state index contributed by atoms with van der Waals surface area (Å²) in [5.74, 6) is 0. The van der Waals surface area contributed by atoms with Crippen LogP contribution in [0.1, 0.15) is 18.9 Å². The molecule has 20 heavy (non-hydrogen) atoms. The van der Waals surface area contributed by atoms with E-state index in [1.165, 1.54) is 22.0 Å². The molecular weight excluding hydrogens is 319 g/mol. The Morgan fingerprint density at radius 3 is 2.60 bits per heavy atom. The Labute approximate surface area is 129 Å². The first-order valence-corrected chi connectivity index (χ1v) is 8.40. The lowest BCUT2D eigenvalue weighted by Crippen LogP contribution is -2.35. The first-order valence-electron chi connectivity index (χ1n) is 6.20. The van der Waals surface area contributed by atoms with Crippen molar-refractivity contribution in [2.75, 3.05) is 13.1 Å². The minimum absolute atomic E-state index is 0.0666. The van der Waals surface area contributed by atoms with Gasteiger partial charge in [0, 0.05) is 30.2 Å². The van der Waals surface area contributed by atoms with Crippen LogP contribution in [0.5, 0.6) is 0 Å². The summed E-state index contributed by atoms with van der Waals surface area (Å²) >= 11 is 12.1. The summed E-state index contributed by atoms with van der Waals surface area (Å²) in [6.45, 7) is 2.92. The minimum Gasteiger partial charge on any atom is -0.326 e. The zero-order chi connectivity index (χ0) is 14.9. The van der Waals surface area contributed by atoms with Crippen molar-refractivity contribution >= 4 is 33.2 Å². The van der Waals surface area contributed by atoms with Gasteiger partial charge in [-0.15, -0.1) is 0 Å². The molecule has 0 saturated heterocycles. The van der Waals surface area contributed by atoms with Crippen molar-refractivity contribution < 1.29 is 8.42 Å². The summed E-state index contributed by atoms with van der Waals surface area (Å²) in [5, 5.41) is 0.497. The highest BCUT2D eigenvalue weighted by Crippen LogP contribution is 2.33. The lowest BCUT2D eigenvalue weighted by atomic mass is 10.1. The maximum atomic E-state index is 12.6. The molecule has 1 aliphatic rings. The topological polar surface area (TPSA) is 63.4 Å². The third kappa shape index (κ3) is 2.87. The van der Waals surface area contributed by atoms with E-state index >= 15 is 0 Å². The largest absolute Gasteiger partial charge is 0.326 e. The summed E-state index contributed by atoms with van der Waals surface area (Å²) in [4.78, 5) is 0.0666. The van der Waals surface area contributed by atoms with E-state index in [-0.39, 0.29) is 16.5 Å². The molecule has 0 saturated carbocycles. The molecular formula is C13H16Cl2N2O2S. The molecule has 0 radical (unpaired) electrons. The van der Waals surface area contributed by atoms with Crippen LogP contribution in [0, 0.1) is 0 Å². The van der Waals surface area contributed by atoms with Crippen molar-refractivity contribution in [3.63, 3.8) is 0 Å². The standard InChI is InChI=1S/C13H16Cl2N2O2S/c1-9-4-6-17(7-5-9)20(18,19)12-3-2-11(14)10(8-16)13(12)15/h2-4H,5-8,16H2,1H3. The zero-order valence-corrected chi connectivity index (χ0v) is 13.4. The number of sulfonamides is 1. The molecule has 2 rings (SSSR count). The molecule has 0 aliphatic carbocycles. The molecule has 0 atom stereocenters. The third-order valence-electron chi connectivity index (χ3n) is 3.37. The number of nitrogens with two attached hydrogens (primary N) is 1. The second-order valence-corrected chi connectivity index (χ2v) is 7.40. The molecule has 4 nitrogen and oxygen atoms in total. The Morgan fingerprint density at radius 2 is 2.05 bits per heavy atom. The lowest BCUT2D eigenvalue weighted by molar-refractivity contribution is 0.431. The number of nitrogens with zero attached hydrogens (tertiary/aromatic N) is 1. The first-order chi connectivity index (χ1) is 9.37. The van der Waals surface area contributed by atoms with Gasteiger partial charge in [-0.05, 0) is 25.5 Å². The summed E-state index contributed by atoms with van der Waals surface area (Å²) in [5.41, 5.74) is 7.23. The van der Waals surface area contributed by atoms with Crippen molar-refractivity contribution in [1.82, 2.24) is 4.31 Å². The van der Waals surface area contributed by atoms with E-state index in [4.69, 9.17) is 28.9 Å². The molecule has 0 aromatic heterocycles. The second kappa shape index (κ2) is 6.03. The fraction of sp³-hybridized carbons (Fsp3) is 0.385. The van der Waals surface area contributed by atoms with Crippen LogP contribution >= 0.6 is 23.2 Å². The fourth-order valence-electron chi connectivity index (χ4n) is 2.07. The molecule has 0 amide bonds. The Balaban J connectivity index is 2.45. The highest BCUT2D eigenvalue weighted by atomic mass is 35.5. The molecule has 0 fully saturated rings. The van der Waals surface area contributed by atoms with E-state index in [0.717, 1.165) is 6.42 Å². The second-order valence-electron chi connectivity index (χ2n) is 4.71. The van der Waals surface area contributed by atoms with Gasteiger partial charge in [-0.25, -0.2) is 8.42 Å². The smallest absolute Gasteiger partial charge is 0.244 e. The van der Waals surface area contributed by atoms with Gasteiger partial charge < -0.3 is 5.73 Å². The van der Waals surface area contributed by atoms with E-state index in [0.29, 0.717) is 23.7 Å². The van der Waals surface area contributed by atoms with Gasteiger partial charge in [-0.1, -0.05) is 34.9 Å². The Hall–Kier alpha value is -0.590. The van der Waals surface area contributed by atoms with E-state index in [1.807, 2.05) is 13.0 Å². The lowest BCUT2D eigenvalue weighted by Gasteiger charge is -2.25. The first kappa shape index (κ1) is 15.8. The summed E-state index contributed by atoms with van der Waals surface area (Å²) < 4.78 is 26.7. The number of halogens is 2. The monoisotopic (exact) mass is 334 g/mol. The van der Waals surface area contributed by atoms with Gasteiger partial charge in [0.1, 0.15) is 4.90 Å². The average Bonchev–Trinajstić information content (AvgIpc) is 2.39. The minimum atomic E-state index is -3.62. The van der Waals surface area contributed by atoms with Gasteiger partial charge in [0.15, 0.2) is 0 Å². The van der Waals surface area contributed by atoms with Crippen LogP contribution in [0.2, 0.25) is 10.0 Å². The highest BCUT2D eigenvalue weighted by molar-refractivity contribution is 7.89. The Kier molecular flexibility index (Phi) is 4.76. The quantitative estimate of drug-likeness (QED) is 0.864. The zero-order valence-electron chi connectivity index (χ0n) is 11.1.